The van der Waals surface area contributed by atoms with E-state index in [0.29, 0.717) is 34.9 Å². The van der Waals surface area contributed by atoms with Crippen molar-refractivity contribution in [2.45, 2.75) is 30.9 Å². The molecule has 0 bridgehead atoms. The molecule has 1 unspecified atom stereocenters. The summed E-state index contributed by atoms with van der Waals surface area (Å²) in [5.41, 5.74) is 5.56. The van der Waals surface area contributed by atoms with Gasteiger partial charge in [0.1, 0.15) is 4.90 Å². The Labute approximate surface area is 125 Å². The molecular formula is C11H17BrN2O3S2. The minimum absolute atomic E-state index is 0.0186. The number of morpholine rings is 1. The number of hydrogen-bond acceptors (Lipinski definition) is 5. The van der Waals surface area contributed by atoms with Gasteiger partial charge in [-0.25, -0.2) is 8.42 Å². The van der Waals surface area contributed by atoms with Crippen LogP contribution in [0.3, 0.4) is 0 Å². The highest BCUT2D eigenvalue weighted by Crippen LogP contribution is 2.34. The summed E-state index contributed by atoms with van der Waals surface area (Å²) in [5.74, 6) is 0. The molecule has 0 spiro atoms. The predicted molar refractivity (Wildman–Crippen MR) is 78.7 cm³/mol. The third-order valence-corrected chi connectivity index (χ3v) is 7.22. The quantitative estimate of drug-likeness (QED) is 0.878. The van der Waals surface area contributed by atoms with Gasteiger partial charge >= 0.3 is 0 Å². The molecule has 1 aromatic rings. The average Bonchev–Trinajstić information content (AvgIpc) is 2.81. The molecule has 8 heteroatoms. The van der Waals surface area contributed by atoms with Crippen molar-refractivity contribution in [1.29, 1.82) is 0 Å². The molecule has 5 nitrogen and oxygen atoms in total. The zero-order valence-corrected chi connectivity index (χ0v) is 13.9. The third-order valence-electron chi connectivity index (χ3n) is 3.08. The fraction of sp³-hybridized carbons (Fsp3) is 0.636. The number of sulfonamides is 1. The number of rotatable bonds is 4. The van der Waals surface area contributed by atoms with E-state index in [-0.39, 0.29) is 6.10 Å². The minimum Gasteiger partial charge on any atom is -0.375 e. The lowest BCUT2D eigenvalue weighted by Crippen LogP contribution is -2.45. The van der Waals surface area contributed by atoms with Gasteiger partial charge in [-0.15, -0.1) is 11.3 Å². The van der Waals surface area contributed by atoms with E-state index in [4.69, 9.17) is 10.5 Å². The highest BCUT2D eigenvalue weighted by Gasteiger charge is 2.32. The molecule has 1 aromatic heterocycles. The van der Waals surface area contributed by atoms with E-state index >= 15 is 0 Å². The summed E-state index contributed by atoms with van der Waals surface area (Å²) >= 11 is 4.68. The summed E-state index contributed by atoms with van der Waals surface area (Å²) in [6, 6.07) is 1.65. The molecule has 1 aliphatic rings. The van der Waals surface area contributed by atoms with E-state index in [1.165, 1.54) is 15.6 Å². The smallest absolute Gasteiger partial charge is 0.245 e. The number of thiophene rings is 1. The van der Waals surface area contributed by atoms with Gasteiger partial charge in [0.05, 0.1) is 16.5 Å². The standard InChI is InChI=1S/C11H17BrN2O3S2/c1-2-8-7-14(3-4-17-8)19(15,16)10-5-9(6-13)18-11(10)12/h5,8H,2-4,6-7,13H2,1H3. The summed E-state index contributed by atoms with van der Waals surface area (Å²) < 4.78 is 32.8. The molecule has 1 atom stereocenters. The second-order valence-corrected chi connectivity index (χ2v) is 8.68. The van der Waals surface area contributed by atoms with Gasteiger partial charge < -0.3 is 10.5 Å². The first-order valence-corrected chi connectivity index (χ1v) is 9.14. The summed E-state index contributed by atoms with van der Waals surface area (Å²) in [5, 5.41) is 0. The van der Waals surface area contributed by atoms with Crippen molar-refractivity contribution in [3.05, 3.63) is 14.7 Å². The van der Waals surface area contributed by atoms with E-state index in [1.807, 2.05) is 6.92 Å². The van der Waals surface area contributed by atoms with Gasteiger partial charge in [0.15, 0.2) is 0 Å². The van der Waals surface area contributed by atoms with Gasteiger partial charge in [0.2, 0.25) is 10.0 Å². The van der Waals surface area contributed by atoms with Crippen LogP contribution in [-0.2, 0) is 21.3 Å². The lowest BCUT2D eigenvalue weighted by Gasteiger charge is -2.31. The van der Waals surface area contributed by atoms with Crippen LogP contribution in [0.4, 0.5) is 0 Å². The van der Waals surface area contributed by atoms with Crippen LogP contribution in [-0.4, -0.2) is 38.5 Å². The third kappa shape index (κ3) is 3.20. The molecule has 0 amide bonds. The van der Waals surface area contributed by atoms with Crippen LogP contribution in [0.25, 0.3) is 0 Å². The SMILES string of the molecule is CCC1CN(S(=O)(=O)c2cc(CN)sc2Br)CCO1. The van der Waals surface area contributed by atoms with Crippen molar-refractivity contribution in [3.8, 4) is 0 Å². The lowest BCUT2D eigenvalue weighted by molar-refractivity contribution is -0.00278. The van der Waals surface area contributed by atoms with Gasteiger partial charge in [0.25, 0.3) is 0 Å². The van der Waals surface area contributed by atoms with Gasteiger partial charge in [-0.1, -0.05) is 6.92 Å². The van der Waals surface area contributed by atoms with Crippen molar-refractivity contribution in [3.63, 3.8) is 0 Å². The first kappa shape index (κ1) is 15.4. The van der Waals surface area contributed by atoms with Crippen LogP contribution in [0, 0.1) is 0 Å². The van der Waals surface area contributed by atoms with E-state index in [0.717, 1.165) is 11.3 Å². The highest BCUT2D eigenvalue weighted by atomic mass is 79.9. The summed E-state index contributed by atoms with van der Waals surface area (Å²) in [6.45, 7) is 3.61. The molecule has 108 valence electrons. The number of nitrogens with zero attached hydrogens (tertiary/aromatic N) is 1. The highest BCUT2D eigenvalue weighted by molar-refractivity contribution is 9.11. The molecule has 0 aromatic carbocycles. The van der Waals surface area contributed by atoms with Crippen LogP contribution in [0.15, 0.2) is 14.7 Å². The Morgan fingerprint density at radius 2 is 2.37 bits per heavy atom. The van der Waals surface area contributed by atoms with Crippen molar-refractivity contribution < 1.29 is 13.2 Å². The summed E-state index contributed by atoms with van der Waals surface area (Å²) in [6.07, 6.45) is 0.792. The van der Waals surface area contributed by atoms with Crippen molar-refractivity contribution in [2.75, 3.05) is 19.7 Å². The Balaban J connectivity index is 2.28. The maximum atomic E-state index is 12.6. The second-order valence-electron chi connectivity index (χ2n) is 4.32. The molecule has 0 aliphatic carbocycles. The van der Waals surface area contributed by atoms with Gasteiger partial charge in [-0.3, -0.25) is 0 Å². The monoisotopic (exact) mass is 368 g/mol. The Morgan fingerprint density at radius 3 is 2.95 bits per heavy atom. The molecular weight excluding hydrogens is 352 g/mol. The van der Waals surface area contributed by atoms with E-state index in [2.05, 4.69) is 15.9 Å². The molecule has 2 rings (SSSR count). The molecule has 2 heterocycles. The Morgan fingerprint density at radius 1 is 1.63 bits per heavy atom. The molecule has 1 aliphatic heterocycles. The molecule has 1 saturated heterocycles. The van der Waals surface area contributed by atoms with Crippen LogP contribution >= 0.6 is 27.3 Å². The first-order chi connectivity index (χ1) is 8.98. The molecule has 0 radical (unpaired) electrons. The van der Waals surface area contributed by atoms with Gasteiger partial charge in [0, 0.05) is 24.5 Å². The second kappa shape index (κ2) is 6.19. The maximum Gasteiger partial charge on any atom is 0.245 e. The molecule has 2 N–H and O–H groups in total. The summed E-state index contributed by atoms with van der Waals surface area (Å²) in [7, 11) is -3.46. The molecule has 1 fully saturated rings. The number of halogens is 1. The maximum absolute atomic E-state index is 12.6. The van der Waals surface area contributed by atoms with E-state index in [9.17, 15) is 8.42 Å². The van der Waals surface area contributed by atoms with Crippen LogP contribution in [0.2, 0.25) is 0 Å². The lowest BCUT2D eigenvalue weighted by atomic mass is 10.2. The number of nitrogens with two attached hydrogens (primary N) is 1. The Kier molecular flexibility index (Phi) is 5.02. The Hall–Kier alpha value is 0.01000. The van der Waals surface area contributed by atoms with Crippen LogP contribution in [0.1, 0.15) is 18.2 Å². The number of hydrogen-bond donors (Lipinski definition) is 1. The Bertz CT molecular complexity index is 544. The normalized spacial score (nSPS) is 21.7. The molecule has 19 heavy (non-hydrogen) atoms. The average molecular weight is 369 g/mol. The molecule has 0 saturated carbocycles. The number of ether oxygens (including phenoxy) is 1. The van der Waals surface area contributed by atoms with Crippen LogP contribution in [0.5, 0.6) is 0 Å². The zero-order valence-electron chi connectivity index (χ0n) is 10.6. The fourth-order valence-electron chi connectivity index (χ4n) is 1.97. The van der Waals surface area contributed by atoms with Crippen molar-refractivity contribution in [1.82, 2.24) is 4.31 Å². The van der Waals surface area contributed by atoms with Crippen molar-refractivity contribution >= 4 is 37.3 Å². The van der Waals surface area contributed by atoms with Gasteiger partial charge in [-0.05, 0) is 28.4 Å². The van der Waals surface area contributed by atoms with E-state index < -0.39 is 10.0 Å². The minimum atomic E-state index is -3.46. The topological polar surface area (TPSA) is 72.6 Å². The predicted octanol–water partition coefficient (Wildman–Crippen LogP) is 1.77. The van der Waals surface area contributed by atoms with Crippen molar-refractivity contribution in [2.24, 2.45) is 5.73 Å². The zero-order chi connectivity index (χ0) is 14.0. The van der Waals surface area contributed by atoms with Gasteiger partial charge in [-0.2, -0.15) is 4.31 Å². The van der Waals surface area contributed by atoms with Crippen LogP contribution < -0.4 is 5.73 Å². The van der Waals surface area contributed by atoms with E-state index in [1.54, 1.807) is 6.07 Å². The first-order valence-electron chi connectivity index (χ1n) is 6.09. The largest absolute Gasteiger partial charge is 0.375 e. The fourth-order valence-corrected chi connectivity index (χ4v) is 5.94. The summed E-state index contributed by atoms with van der Waals surface area (Å²) in [4.78, 5) is 1.17.